The van der Waals surface area contributed by atoms with Crippen LogP contribution in [0.1, 0.15) is 85.5 Å². The van der Waals surface area contributed by atoms with E-state index in [0.717, 1.165) is 32.1 Å². The minimum absolute atomic E-state index is 0.0252. The van der Waals surface area contributed by atoms with Crippen molar-refractivity contribution >= 4 is 22.7 Å². The summed E-state index contributed by atoms with van der Waals surface area (Å²) in [4.78, 5) is 25.0. The molecule has 0 spiro atoms. The summed E-state index contributed by atoms with van der Waals surface area (Å²) < 4.78 is 0. The summed E-state index contributed by atoms with van der Waals surface area (Å²) in [5, 5.41) is 21.6. The SMILES string of the molecule is CCC(=O)SC1C(C)C2=CC(=O)CC[C@]2(C)[C@@H]2CC[C@@]3(C)[C@@H](CCC3(O)CCCO)[C@H]12. The van der Waals surface area contributed by atoms with Crippen molar-refractivity contribution < 1.29 is 19.8 Å². The second-order valence-electron chi connectivity index (χ2n) is 11.2. The Kier molecular flexibility index (Phi) is 6.28. The van der Waals surface area contributed by atoms with Crippen LogP contribution in [0.4, 0.5) is 0 Å². The van der Waals surface area contributed by atoms with Gasteiger partial charge in [0.05, 0.1) is 5.60 Å². The van der Waals surface area contributed by atoms with Crippen molar-refractivity contribution in [3.05, 3.63) is 11.6 Å². The summed E-state index contributed by atoms with van der Waals surface area (Å²) in [7, 11) is 0. The van der Waals surface area contributed by atoms with Crippen molar-refractivity contribution in [2.24, 2.45) is 34.5 Å². The Labute approximate surface area is 191 Å². The molecule has 0 amide bonds. The lowest BCUT2D eigenvalue weighted by molar-refractivity contribution is -0.135. The molecular weight excluding hydrogens is 408 g/mol. The van der Waals surface area contributed by atoms with E-state index in [1.54, 1.807) is 0 Å². The van der Waals surface area contributed by atoms with Crippen LogP contribution in [0.15, 0.2) is 11.6 Å². The van der Waals surface area contributed by atoms with Gasteiger partial charge in [-0.2, -0.15) is 0 Å². The normalized spacial score (nSPS) is 46.7. The molecule has 3 fully saturated rings. The molecule has 174 valence electrons. The lowest BCUT2D eigenvalue weighted by Crippen LogP contribution is -2.59. The third-order valence-corrected chi connectivity index (χ3v) is 11.6. The molecule has 3 unspecified atom stereocenters. The highest BCUT2D eigenvalue weighted by Crippen LogP contribution is 2.70. The quantitative estimate of drug-likeness (QED) is 0.625. The molecular formula is C26H40O4S. The summed E-state index contributed by atoms with van der Waals surface area (Å²) in [5.41, 5.74) is 0.415. The number of allylic oxidation sites excluding steroid dienone is 1. The van der Waals surface area contributed by atoms with Crippen LogP contribution >= 0.6 is 11.8 Å². The molecule has 0 bridgehead atoms. The number of aliphatic hydroxyl groups excluding tert-OH is 1. The molecule has 0 radical (unpaired) electrons. The Hall–Kier alpha value is -0.650. The van der Waals surface area contributed by atoms with E-state index in [1.165, 1.54) is 17.3 Å². The minimum Gasteiger partial charge on any atom is -0.396 e. The van der Waals surface area contributed by atoms with Crippen molar-refractivity contribution in [1.29, 1.82) is 0 Å². The van der Waals surface area contributed by atoms with Crippen LogP contribution in [0.25, 0.3) is 0 Å². The van der Waals surface area contributed by atoms with Gasteiger partial charge in [0.15, 0.2) is 10.9 Å². The third-order valence-electron chi connectivity index (χ3n) is 10.0. The number of fused-ring (bicyclic) bond motifs is 5. The van der Waals surface area contributed by atoms with E-state index in [9.17, 15) is 19.8 Å². The zero-order valence-electron chi connectivity index (χ0n) is 19.7. The number of carbonyl (C=O) groups excluding carboxylic acids is 2. The van der Waals surface area contributed by atoms with Gasteiger partial charge < -0.3 is 10.2 Å². The van der Waals surface area contributed by atoms with E-state index in [2.05, 4.69) is 20.8 Å². The van der Waals surface area contributed by atoms with Gasteiger partial charge in [0, 0.05) is 24.7 Å². The van der Waals surface area contributed by atoms with Crippen molar-refractivity contribution in [2.75, 3.05) is 6.61 Å². The standard InChI is InChI=1S/C26H40O4S/c1-5-21(29)31-23-16(2)20-15-17(28)7-11-24(20,3)18-8-12-25(4)19(22(18)23)9-13-26(25,30)10-6-14-27/h15-16,18-19,22-23,27,30H,5-14H2,1-4H3/t16?,18-,19+,22-,23?,24-,25+,26?/m1/s1. The molecule has 4 rings (SSSR count). The van der Waals surface area contributed by atoms with Crippen LogP contribution in [0.5, 0.6) is 0 Å². The van der Waals surface area contributed by atoms with Gasteiger partial charge in [-0.05, 0) is 85.5 Å². The fourth-order valence-electron chi connectivity index (χ4n) is 8.21. The summed E-state index contributed by atoms with van der Waals surface area (Å²) in [5.74, 6) is 1.67. The fraction of sp³-hybridized carbons (Fsp3) is 0.846. The van der Waals surface area contributed by atoms with Gasteiger partial charge in [0.2, 0.25) is 0 Å². The molecule has 4 aliphatic rings. The topological polar surface area (TPSA) is 74.6 Å². The molecule has 0 aromatic carbocycles. The Morgan fingerprint density at radius 1 is 1.19 bits per heavy atom. The first-order valence-electron chi connectivity index (χ1n) is 12.4. The van der Waals surface area contributed by atoms with Crippen molar-refractivity contribution in [3.8, 4) is 0 Å². The first-order valence-corrected chi connectivity index (χ1v) is 13.3. The van der Waals surface area contributed by atoms with Gasteiger partial charge in [-0.3, -0.25) is 9.59 Å². The molecule has 0 heterocycles. The summed E-state index contributed by atoms with van der Waals surface area (Å²) in [6.45, 7) is 8.94. The van der Waals surface area contributed by atoms with Gasteiger partial charge in [0.1, 0.15) is 0 Å². The number of rotatable bonds is 5. The molecule has 3 saturated carbocycles. The highest BCUT2D eigenvalue weighted by Gasteiger charge is 2.66. The van der Waals surface area contributed by atoms with Crippen LogP contribution < -0.4 is 0 Å². The Morgan fingerprint density at radius 2 is 1.90 bits per heavy atom. The summed E-state index contributed by atoms with van der Waals surface area (Å²) in [6.07, 6.45) is 9.13. The average molecular weight is 449 g/mol. The maximum absolute atomic E-state index is 12.6. The molecule has 4 nitrogen and oxygen atoms in total. The molecule has 8 atom stereocenters. The number of aliphatic hydroxyl groups is 2. The van der Waals surface area contributed by atoms with Gasteiger partial charge in [-0.25, -0.2) is 0 Å². The Morgan fingerprint density at radius 3 is 2.58 bits per heavy atom. The monoisotopic (exact) mass is 448 g/mol. The van der Waals surface area contributed by atoms with E-state index >= 15 is 0 Å². The van der Waals surface area contributed by atoms with Gasteiger partial charge >= 0.3 is 0 Å². The number of ketones is 1. The Balaban J connectivity index is 1.76. The smallest absolute Gasteiger partial charge is 0.188 e. The predicted molar refractivity (Wildman–Crippen MR) is 125 cm³/mol. The van der Waals surface area contributed by atoms with Crippen molar-refractivity contribution in [1.82, 2.24) is 0 Å². The Bertz CT molecular complexity index is 777. The van der Waals surface area contributed by atoms with E-state index in [0.29, 0.717) is 43.4 Å². The van der Waals surface area contributed by atoms with E-state index < -0.39 is 5.60 Å². The third kappa shape index (κ3) is 3.49. The van der Waals surface area contributed by atoms with Gasteiger partial charge in [0.25, 0.3) is 0 Å². The zero-order chi connectivity index (χ0) is 22.6. The van der Waals surface area contributed by atoms with Crippen molar-refractivity contribution in [3.63, 3.8) is 0 Å². The van der Waals surface area contributed by atoms with E-state index in [-0.39, 0.29) is 39.5 Å². The number of thioether (sulfide) groups is 1. The maximum Gasteiger partial charge on any atom is 0.188 e. The largest absolute Gasteiger partial charge is 0.396 e. The lowest BCUT2D eigenvalue weighted by Gasteiger charge is -2.62. The molecule has 2 N–H and O–H groups in total. The van der Waals surface area contributed by atoms with Crippen molar-refractivity contribution in [2.45, 2.75) is 96.3 Å². The predicted octanol–water partition coefficient (Wildman–Crippen LogP) is 4.92. The minimum atomic E-state index is -0.724. The number of carbonyl (C=O) groups is 2. The maximum atomic E-state index is 12.6. The zero-order valence-corrected chi connectivity index (χ0v) is 20.5. The first kappa shape index (κ1) is 23.5. The second kappa shape index (κ2) is 8.29. The van der Waals surface area contributed by atoms with Crippen LogP contribution in [0.2, 0.25) is 0 Å². The van der Waals surface area contributed by atoms with Gasteiger partial charge in [-0.15, -0.1) is 0 Å². The molecule has 0 aromatic heterocycles. The molecule has 0 saturated heterocycles. The van der Waals surface area contributed by atoms with Crippen LogP contribution in [-0.4, -0.2) is 38.6 Å². The molecule has 5 heteroatoms. The lowest BCUT2D eigenvalue weighted by atomic mass is 9.44. The number of hydrogen-bond donors (Lipinski definition) is 2. The van der Waals surface area contributed by atoms with E-state index in [4.69, 9.17) is 0 Å². The van der Waals surface area contributed by atoms with Crippen LogP contribution in [-0.2, 0) is 9.59 Å². The highest BCUT2D eigenvalue weighted by molar-refractivity contribution is 8.14. The molecule has 0 aliphatic heterocycles. The number of hydrogen-bond acceptors (Lipinski definition) is 5. The van der Waals surface area contributed by atoms with E-state index in [1.807, 2.05) is 13.0 Å². The molecule has 31 heavy (non-hydrogen) atoms. The fourth-order valence-corrected chi connectivity index (χ4v) is 9.56. The first-order chi connectivity index (χ1) is 14.6. The van der Waals surface area contributed by atoms with Crippen LogP contribution in [0, 0.1) is 34.5 Å². The summed E-state index contributed by atoms with van der Waals surface area (Å²) >= 11 is 1.52. The average Bonchev–Trinajstić information content (AvgIpc) is 3.01. The highest BCUT2D eigenvalue weighted by atomic mass is 32.2. The van der Waals surface area contributed by atoms with Crippen LogP contribution in [0.3, 0.4) is 0 Å². The molecule has 0 aromatic rings. The second-order valence-corrected chi connectivity index (χ2v) is 12.5. The summed E-state index contributed by atoms with van der Waals surface area (Å²) in [6, 6.07) is 0. The molecule has 4 aliphatic carbocycles. The van der Waals surface area contributed by atoms with Gasteiger partial charge in [-0.1, -0.05) is 45.0 Å².